The fourth-order valence-corrected chi connectivity index (χ4v) is 2.46. The molecule has 0 spiro atoms. The van der Waals surface area contributed by atoms with Crippen molar-refractivity contribution in [2.45, 2.75) is 31.8 Å². The van der Waals surface area contributed by atoms with Gasteiger partial charge in [-0.2, -0.15) is 0 Å². The lowest BCUT2D eigenvalue weighted by Crippen LogP contribution is -2.12. The van der Waals surface area contributed by atoms with Crippen LogP contribution >= 0.6 is 0 Å². The van der Waals surface area contributed by atoms with Crippen molar-refractivity contribution < 1.29 is 14.6 Å². The number of ether oxygens (including phenoxy) is 2. The molecule has 1 aliphatic rings. The number of aliphatic hydroxyl groups is 1. The highest BCUT2D eigenvalue weighted by Gasteiger charge is 2.37. The largest absolute Gasteiger partial charge is 0.493 e. The van der Waals surface area contributed by atoms with E-state index in [9.17, 15) is 5.11 Å². The van der Waals surface area contributed by atoms with E-state index in [0.29, 0.717) is 5.75 Å². The van der Waals surface area contributed by atoms with E-state index >= 15 is 0 Å². The maximum Gasteiger partial charge on any atom is 0.161 e. The molecule has 16 heavy (non-hydrogen) atoms. The Morgan fingerprint density at radius 1 is 1.19 bits per heavy atom. The number of hydrogen-bond acceptors (Lipinski definition) is 3. The maximum atomic E-state index is 10.0. The summed E-state index contributed by atoms with van der Waals surface area (Å²) < 4.78 is 10.5. The summed E-state index contributed by atoms with van der Waals surface area (Å²) in [5.74, 6) is 1.40. The third-order valence-corrected chi connectivity index (χ3v) is 3.35. The van der Waals surface area contributed by atoms with Crippen molar-refractivity contribution in [3.05, 3.63) is 23.3 Å². The van der Waals surface area contributed by atoms with Gasteiger partial charge in [-0.3, -0.25) is 0 Å². The van der Waals surface area contributed by atoms with Gasteiger partial charge < -0.3 is 14.6 Å². The fraction of sp³-hybridized carbons (Fsp3) is 0.538. The average Bonchev–Trinajstić information content (AvgIpc) is 2.47. The summed E-state index contributed by atoms with van der Waals surface area (Å²) >= 11 is 0. The van der Waals surface area contributed by atoms with Crippen LogP contribution in [0.3, 0.4) is 0 Å². The van der Waals surface area contributed by atoms with Gasteiger partial charge in [0.05, 0.1) is 20.3 Å². The smallest absolute Gasteiger partial charge is 0.161 e. The summed E-state index contributed by atoms with van der Waals surface area (Å²) in [6, 6.07) is 3.86. The zero-order chi connectivity index (χ0) is 11.9. The molecule has 0 bridgehead atoms. The van der Waals surface area contributed by atoms with Gasteiger partial charge in [0.2, 0.25) is 0 Å². The molecule has 1 aromatic carbocycles. The minimum atomic E-state index is -0.398. The van der Waals surface area contributed by atoms with E-state index < -0.39 is 6.10 Å². The quantitative estimate of drug-likeness (QED) is 0.835. The summed E-state index contributed by atoms with van der Waals surface area (Å²) in [4.78, 5) is 0. The summed E-state index contributed by atoms with van der Waals surface area (Å²) in [5, 5.41) is 10.0. The Labute approximate surface area is 96.0 Å². The molecule has 0 aliphatic heterocycles. The second-order valence-corrected chi connectivity index (χ2v) is 4.90. The molecule has 1 N–H and O–H groups in total. The highest BCUT2D eigenvalue weighted by molar-refractivity contribution is 5.52. The average molecular weight is 222 g/mol. The molecule has 0 radical (unpaired) electrons. The van der Waals surface area contributed by atoms with Crippen LogP contribution in [0.15, 0.2) is 12.1 Å². The molecule has 3 nitrogen and oxygen atoms in total. The molecular formula is C13H18O3. The molecule has 0 saturated heterocycles. The van der Waals surface area contributed by atoms with Gasteiger partial charge >= 0.3 is 0 Å². The van der Waals surface area contributed by atoms with E-state index in [1.54, 1.807) is 14.2 Å². The van der Waals surface area contributed by atoms with E-state index in [-0.39, 0.29) is 5.41 Å². The Morgan fingerprint density at radius 3 is 2.31 bits per heavy atom. The topological polar surface area (TPSA) is 38.7 Å². The number of rotatable bonds is 2. The molecule has 1 aromatic rings. The highest BCUT2D eigenvalue weighted by atomic mass is 16.5. The van der Waals surface area contributed by atoms with E-state index in [4.69, 9.17) is 9.47 Å². The first-order valence-corrected chi connectivity index (χ1v) is 5.44. The molecule has 0 amide bonds. The van der Waals surface area contributed by atoms with Crippen molar-refractivity contribution in [1.29, 1.82) is 0 Å². The van der Waals surface area contributed by atoms with Crippen molar-refractivity contribution in [2.75, 3.05) is 14.2 Å². The van der Waals surface area contributed by atoms with E-state index in [1.165, 1.54) is 0 Å². The van der Waals surface area contributed by atoms with Gasteiger partial charge in [0.1, 0.15) is 0 Å². The van der Waals surface area contributed by atoms with Crippen LogP contribution in [-0.2, 0) is 5.41 Å². The molecular weight excluding hydrogens is 204 g/mol. The first-order chi connectivity index (χ1) is 7.49. The monoisotopic (exact) mass is 222 g/mol. The lowest BCUT2D eigenvalue weighted by atomic mass is 9.86. The van der Waals surface area contributed by atoms with E-state index in [1.807, 2.05) is 12.1 Å². The highest BCUT2D eigenvalue weighted by Crippen LogP contribution is 2.48. The second kappa shape index (κ2) is 3.67. The van der Waals surface area contributed by atoms with Crippen LogP contribution in [0.5, 0.6) is 11.5 Å². The maximum absolute atomic E-state index is 10.0. The molecule has 0 aromatic heterocycles. The molecule has 1 unspecified atom stereocenters. The Bertz CT molecular complexity index is 410. The van der Waals surface area contributed by atoms with Crippen LogP contribution in [0.1, 0.15) is 37.5 Å². The summed E-state index contributed by atoms with van der Waals surface area (Å²) in [6.45, 7) is 4.27. The summed E-state index contributed by atoms with van der Waals surface area (Å²) in [6.07, 6.45) is 0.350. The summed E-state index contributed by atoms with van der Waals surface area (Å²) in [5.41, 5.74) is 2.11. The van der Waals surface area contributed by atoms with Gasteiger partial charge in [0, 0.05) is 0 Å². The van der Waals surface area contributed by atoms with Crippen LogP contribution in [0.2, 0.25) is 0 Å². The number of hydrogen-bond donors (Lipinski definition) is 1. The van der Waals surface area contributed by atoms with Crippen LogP contribution in [0.4, 0.5) is 0 Å². The molecule has 3 heteroatoms. The fourth-order valence-electron chi connectivity index (χ4n) is 2.46. The first-order valence-electron chi connectivity index (χ1n) is 5.44. The second-order valence-electron chi connectivity index (χ2n) is 4.90. The molecule has 88 valence electrons. The Balaban J connectivity index is 2.59. The Morgan fingerprint density at radius 2 is 1.75 bits per heavy atom. The van der Waals surface area contributed by atoms with Gasteiger partial charge in [-0.1, -0.05) is 13.8 Å². The van der Waals surface area contributed by atoms with Gasteiger partial charge in [0.25, 0.3) is 0 Å². The first kappa shape index (κ1) is 11.3. The molecule has 1 aliphatic carbocycles. The predicted molar refractivity (Wildman–Crippen MR) is 62.1 cm³/mol. The van der Waals surface area contributed by atoms with Crippen LogP contribution < -0.4 is 9.47 Å². The minimum absolute atomic E-state index is 0.00565. The van der Waals surface area contributed by atoms with Gasteiger partial charge in [-0.25, -0.2) is 0 Å². The lowest BCUT2D eigenvalue weighted by Gasteiger charge is -2.19. The van der Waals surface area contributed by atoms with Crippen LogP contribution in [0.25, 0.3) is 0 Å². The molecule has 1 atom stereocenters. The lowest BCUT2D eigenvalue weighted by molar-refractivity contribution is 0.161. The van der Waals surface area contributed by atoms with Crippen molar-refractivity contribution in [2.24, 2.45) is 0 Å². The van der Waals surface area contributed by atoms with Crippen molar-refractivity contribution in [1.82, 2.24) is 0 Å². The van der Waals surface area contributed by atoms with Gasteiger partial charge in [-0.05, 0) is 35.1 Å². The van der Waals surface area contributed by atoms with Crippen molar-refractivity contribution >= 4 is 0 Å². The Hall–Kier alpha value is -1.22. The molecule has 0 saturated carbocycles. The van der Waals surface area contributed by atoms with E-state index in [2.05, 4.69) is 13.8 Å². The number of methoxy groups -OCH3 is 2. The van der Waals surface area contributed by atoms with Gasteiger partial charge in [0.15, 0.2) is 11.5 Å². The molecule has 0 fully saturated rings. The van der Waals surface area contributed by atoms with Gasteiger partial charge in [-0.15, -0.1) is 0 Å². The van der Waals surface area contributed by atoms with Crippen molar-refractivity contribution in [3.63, 3.8) is 0 Å². The number of aliphatic hydroxyl groups excluding tert-OH is 1. The zero-order valence-corrected chi connectivity index (χ0v) is 10.2. The SMILES string of the molecule is COc1cc2c(cc1OC)C(C)(C)CC2O. The summed E-state index contributed by atoms with van der Waals surface area (Å²) in [7, 11) is 3.24. The van der Waals surface area contributed by atoms with Crippen LogP contribution in [0, 0.1) is 0 Å². The third-order valence-electron chi connectivity index (χ3n) is 3.35. The minimum Gasteiger partial charge on any atom is -0.493 e. The number of benzene rings is 1. The third kappa shape index (κ3) is 1.55. The van der Waals surface area contributed by atoms with E-state index in [0.717, 1.165) is 23.3 Å². The predicted octanol–water partition coefficient (Wildman–Crippen LogP) is 2.42. The standard InChI is InChI=1S/C13H18O3/c1-13(2)7-10(14)8-5-11(15-3)12(16-4)6-9(8)13/h5-6,10,14H,7H2,1-4H3. The Kier molecular flexibility index (Phi) is 2.58. The normalized spacial score (nSPS) is 21.7. The number of fused-ring (bicyclic) bond motifs is 1. The zero-order valence-electron chi connectivity index (χ0n) is 10.2. The van der Waals surface area contributed by atoms with Crippen LogP contribution in [-0.4, -0.2) is 19.3 Å². The molecule has 2 rings (SSSR count). The molecule has 0 heterocycles. The van der Waals surface area contributed by atoms with Crippen molar-refractivity contribution in [3.8, 4) is 11.5 Å².